The molecule has 0 aliphatic carbocycles. The van der Waals surface area contributed by atoms with Crippen molar-refractivity contribution in [1.29, 1.82) is 0 Å². The van der Waals surface area contributed by atoms with Crippen LogP contribution in [0.25, 0.3) is 0 Å². The number of rotatable bonds is 10. The molecule has 4 N–H and O–H groups in total. The molecule has 3 aromatic rings. The molecule has 158 valence electrons. The lowest BCUT2D eigenvalue weighted by Crippen LogP contribution is -2.02. The summed E-state index contributed by atoms with van der Waals surface area (Å²) in [5, 5.41) is 37.3. The molecule has 0 saturated heterocycles. The molecule has 0 aliphatic heterocycles. The molecular weight excluding hydrogens is 386 g/mol. The number of nitrogens with zero attached hydrogens (tertiary/aromatic N) is 1. The minimum atomic E-state index is -0.131. The van der Waals surface area contributed by atoms with E-state index in [1.54, 1.807) is 48.8 Å². The number of aliphatic hydroxyl groups excluding tert-OH is 4. The van der Waals surface area contributed by atoms with E-state index in [0.717, 1.165) is 11.1 Å². The summed E-state index contributed by atoms with van der Waals surface area (Å²) in [6.07, 6.45) is 3.39. The first-order valence-electron chi connectivity index (χ1n) is 9.51. The number of hydrogen-bond donors (Lipinski definition) is 4. The zero-order valence-corrected chi connectivity index (χ0v) is 16.5. The second-order valence-electron chi connectivity index (χ2n) is 6.88. The van der Waals surface area contributed by atoms with Crippen molar-refractivity contribution >= 4 is 0 Å². The number of aliphatic hydroxyl groups is 4. The SMILES string of the molecule is OCc1cc(CO)cc(OCc2cncc(COc3cc(CO)cc(CO)c3)c2)c1. The highest BCUT2D eigenvalue weighted by Gasteiger charge is 2.05. The van der Waals surface area contributed by atoms with Gasteiger partial charge >= 0.3 is 0 Å². The molecule has 0 amide bonds. The molecule has 30 heavy (non-hydrogen) atoms. The van der Waals surface area contributed by atoms with Gasteiger partial charge in [0.2, 0.25) is 0 Å². The first-order valence-corrected chi connectivity index (χ1v) is 9.51. The first kappa shape index (κ1) is 21.7. The van der Waals surface area contributed by atoms with Crippen LogP contribution in [0.15, 0.2) is 54.9 Å². The minimum Gasteiger partial charge on any atom is -0.489 e. The van der Waals surface area contributed by atoms with E-state index in [0.29, 0.717) is 33.8 Å². The van der Waals surface area contributed by atoms with Gasteiger partial charge in [0.25, 0.3) is 0 Å². The van der Waals surface area contributed by atoms with E-state index >= 15 is 0 Å². The largest absolute Gasteiger partial charge is 0.489 e. The lowest BCUT2D eigenvalue weighted by molar-refractivity contribution is 0.268. The third-order valence-corrected chi connectivity index (χ3v) is 4.45. The quantitative estimate of drug-likeness (QED) is 0.405. The van der Waals surface area contributed by atoms with E-state index in [1.807, 2.05) is 6.07 Å². The maximum atomic E-state index is 9.33. The fraction of sp³-hybridized carbons (Fsp3) is 0.261. The summed E-state index contributed by atoms with van der Waals surface area (Å²) in [6, 6.07) is 12.3. The number of pyridine rings is 1. The summed E-state index contributed by atoms with van der Waals surface area (Å²) in [7, 11) is 0. The van der Waals surface area contributed by atoms with E-state index in [9.17, 15) is 20.4 Å². The van der Waals surface area contributed by atoms with Gasteiger partial charge in [-0.15, -0.1) is 0 Å². The van der Waals surface area contributed by atoms with Gasteiger partial charge in [-0.1, -0.05) is 12.1 Å². The van der Waals surface area contributed by atoms with Crippen LogP contribution < -0.4 is 9.47 Å². The second-order valence-corrected chi connectivity index (χ2v) is 6.88. The summed E-state index contributed by atoms with van der Waals surface area (Å²) in [4.78, 5) is 4.22. The third kappa shape index (κ3) is 6.01. The molecule has 0 spiro atoms. The smallest absolute Gasteiger partial charge is 0.120 e. The minimum absolute atomic E-state index is 0.131. The summed E-state index contributed by atoms with van der Waals surface area (Å²) < 4.78 is 11.6. The summed E-state index contributed by atoms with van der Waals surface area (Å²) >= 11 is 0. The maximum absolute atomic E-state index is 9.33. The zero-order chi connectivity index (χ0) is 21.3. The van der Waals surface area contributed by atoms with Gasteiger partial charge in [-0.05, 0) is 52.6 Å². The van der Waals surface area contributed by atoms with E-state index in [1.165, 1.54) is 0 Å². The predicted molar refractivity (Wildman–Crippen MR) is 109 cm³/mol. The number of ether oxygens (including phenoxy) is 2. The molecule has 0 bridgehead atoms. The van der Waals surface area contributed by atoms with Crippen molar-refractivity contribution < 1.29 is 29.9 Å². The second kappa shape index (κ2) is 10.7. The Morgan fingerprint density at radius 3 is 1.17 bits per heavy atom. The number of benzene rings is 2. The molecule has 0 aliphatic rings. The van der Waals surface area contributed by atoms with Crippen LogP contribution in [-0.2, 0) is 39.6 Å². The van der Waals surface area contributed by atoms with Gasteiger partial charge in [0, 0.05) is 23.5 Å². The van der Waals surface area contributed by atoms with Gasteiger partial charge in [-0.2, -0.15) is 0 Å². The van der Waals surface area contributed by atoms with Crippen molar-refractivity contribution in [2.24, 2.45) is 0 Å². The Labute approximate surface area is 174 Å². The summed E-state index contributed by atoms with van der Waals surface area (Å²) in [6.45, 7) is 0.0225. The normalized spacial score (nSPS) is 10.8. The molecule has 0 radical (unpaired) electrons. The van der Waals surface area contributed by atoms with Crippen LogP contribution in [-0.4, -0.2) is 25.4 Å². The fourth-order valence-electron chi connectivity index (χ4n) is 3.02. The Hall–Kier alpha value is -2.97. The van der Waals surface area contributed by atoms with Gasteiger partial charge in [0.05, 0.1) is 26.4 Å². The highest BCUT2D eigenvalue weighted by molar-refractivity contribution is 5.35. The van der Waals surface area contributed by atoms with Gasteiger partial charge in [0.1, 0.15) is 24.7 Å². The Balaban J connectivity index is 1.64. The van der Waals surface area contributed by atoms with Crippen LogP contribution in [0.2, 0.25) is 0 Å². The van der Waals surface area contributed by atoms with E-state index < -0.39 is 0 Å². The molecule has 0 fully saturated rings. The average molecular weight is 411 g/mol. The first-order chi connectivity index (χ1) is 14.6. The maximum Gasteiger partial charge on any atom is 0.120 e. The fourth-order valence-corrected chi connectivity index (χ4v) is 3.02. The van der Waals surface area contributed by atoms with Gasteiger partial charge in [0.15, 0.2) is 0 Å². The third-order valence-electron chi connectivity index (χ3n) is 4.45. The van der Waals surface area contributed by atoms with E-state index in [2.05, 4.69) is 4.98 Å². The average Bonchev–Trinajstić information content (AvgIpc) is 2.81. The molecule has 1 aromatic heterocycles. The Bertz CT molecular complexity index is 856. The molecule has 0 saturated carbocycles. The van der Waals surface area contributed by atoms with Crippen LogP contribution in [0.3, 0.4) is 0 Å². The number of hydrogen-bond acceptors (Lipinski definition) is 7. The molecule has 1 heterocycles. The van der Waals surface area contributed by atoms with Crippen molar-refractivity contribution in [1.82, 2.24) is 4.98 Å². The summed E-state index contributed by atoms with van der Waals surface area (Å²) in [5.74, 6) is 1.12. The van der Waals surface area contributed by atoms with Crippen LogP contribution in [0.1, 0.15) is 33.4 Å². The Kier molecular flexibility index (Phi) is 7.75. The Morgan fingerprint density at radius 1 is 0.500 bits per heavy atom. The molecule has 3 rings (SSSR count). The van der Waals surface area contributed by atoms with Crippen molar-refractivity contribution in [3.05, 3.63) is 88.2 Å². The molecule has 7 nitrogen and oxygen atoms in total. The van der Waals surface area contributed by atoms with Crippen molar-refractivity contribution in [2.75, 3.05) is 0 Å². The van der Waals surface area contributed by atoms with Gasteiger partial charge < -0.3 is 29.9 Å². The highest BCUT2D eigenvalue weighted by atomic mass is 16.5. The molecule has 0 atom stereocenters. The van der Waals surface area contributed by atoms with E-state index in [-0.39, 0.29) is 39.6 Å². The molecule has 7 heteroatoms. The van der Waals surface area contributed by atoms with Crippen LogP contribution in [0.4, 0.5) is 0 Å². The monoisotopic (exact) mass is 411 g/mol. The highest BCUT2D eigenvalue weighted by Crippen LogP contribution is 2.21. The van der Waals surface area contributed by atoms with E-state index in [4.69, 9.17) is 9.47 Å². The summed E-state index contributed by atoms with van der Waals surface area (Å²) in [5.41, 5.74) is 4.37. The van der Waals surface area contributed by atoms with Gasteiger partial charge in [-0.3, -0.25) is 4.98 Å². The zero-order valence-electron chi connectivity index (χ0n) is 16.5. The van der Waals surface area contributed by atoms with Crippen molar-refractivity contribution in [3.63, 3.8) is 0 Å². The van der Waals surface area contributed by atoms with Gasteiger partial charge in [-0.25, -0.2) is 0 Å². The Morgan fingerprint density at radius 2 is 0.833 bits per heavy atom. The molecular formula is C23H25NO6. The lowest BCUT2D eigenvalue weighted by atomic mass is 10.1. The van der Waals surface area contributed by atoms with Crippen LogP contribution in [0.5, 0.6) is 11.5 Å². The lowest BCUT2D eigenvalue weighted by Gasteiger charge is -2.12. The predicted octanol–water partition coefficient (Wildman–Crippen LogP) is 2.21. The van der Waals surface area contributed by atoms with Crippen LogP contribution in [0, 0.1) is 0 Å². The molecule has 2 aromatic carbocycles. The number of aromatic nitrogens is 1. The topological polar surface area (TPSA) is 112 Å². The standard InChI is InChI=1S/C23H25NO6/c25-10-16-1-17(11-26)5-22(4-16)29-14-20-3-21(9-24-8-20)15-30-23-6-18(12-27)2-19(7-23)13-28/h1-9,25-28H,10-15H2. The molecule has 0 unspecified atom stereocenters. The van der Waals surface area contributed by atoms with Crippen molar-refractivity contribution in [2.45, 2.75) is 39.6 Å². The van der Waals surface area contributed by atoms with Crippen LogP contribution >= 0.6 is 0 Å². The van der Waals surface area contributed by atoms with Crippen molar-refractivity contribution in [3.8, 4) is 11.5 Å².